The third-order valence-corrected chi connectivity index (χ3v) is 9.20. The maximum atomic E-state index is 12.9. The van der Waals surface area contributed by atoms with Gasteiger partial charge in [-0.15, -0.1) is 11.6 Å². The minimum atomic E-state index is -1.63. The number of allylic oxidation sites excluding steroid dienone is 1. The lowest BCUT2D eigenvalue weighted by molar-refractivity contribution is -0.184. The molecule has 0 aliphatic heterocycles. The highest BCUT2D eigenvalue weighted by molar-refractivity contribution is 6.26. The van der Waals surface area contributed by atoms with Gasteiger partial charge in [0.1, 0.15) is 11.5 Å². The topological polar surface area (TPSA) is 101 Å². The molecule has 0 bridgehead atoms. The standard InChI is InChI=1S/C23H31ClO6/c1-21-7-5-14(25)9-13(21)3-4-15-16-6-8-23(29,18(27)12-30-19(28)11-24)22(16,2)10-17(26)20(15)21/h9,15-17,20,26,29H,3-8,10-12H2,1-2H3/t15-,16-,17+,20+,21-,22-,23-/m0/s1. The van der Waals surface area contributed by atoms with Gasteiger partial charge in [0.15, 0.2) is 12.4 Å². The molecule has 7 heteroatoms. The molecule has 0 saturated heterocycles. The van der Waals surface area contributed by atoms with Gasteiger partial charge in [0.05, 0.1) is 6.10 Å². The summed E-state index contributed by atoms with van der Waals surface area (Å²) >= 11 is 5.43. The van der Waals surface area contributed by atoms with Crippen LogP contribution in [-0.4, -0.2) is 51.9 Å². The van der Waals surface area contributed by atoms with E-state index >= 15 is 0 Å². The molecule has 166 valence electrons. The number of hydrogen-bond donors (Lipinski definition) is 2. The Morgan fingerprint density at radius 3 is 2.67 bits per heavy atom. The molecule has 4 rings (SSSR count). The number of ketones is 2. The number of alkyl halides is 1. The second-order valence-electron chi connectivity index (χ2n) is 10.2. The molecule has 0 spiro atoms. The molecule has 0 radical (unpaired) electrons. The van der Waals surface area contributed by atoms with Crippen molar-refractivity contribution >= 4 is 29.1 Å². The van der Waals surface area contributed by atoms with E-state index in [0.29, 0.717) is 25.7 Å². The van der Waals surface area contributed by atoms with Gasteiger partial charge in [-0.25, -0.2) is 0 Å². The van der Waals surface area contributed by atoms with Gasteiger partial charge in [0.25, 0.3) is 0 Å². The quantitative estimate of drug-likeness (QED) is 0.516. The highest BCUT2D eigenvalue weighted by Crippen LogP contribution is 2.67. The number of esters is 1. The van der Waals surface area contributed by atoms with E-state index < -0.39 is 35.5 Å². The Bertz CT molecular complexity index is 808. The SMILES string of the molecule is C[C@]12CCC(=O)C=C1CC[C@@H]1[C@@H]2[C@H](O)C[C@@]2(C)[C@H]1CC[C@]2(O)C(=O)COC(=O)CCl. The van der Waals surface area contributed by atoms with E-state index in [2.05, 4.69) is 6.92 Å². The zero-order valence-electron chi connectivity index (χ0n) is 17.7. The summed E-state index contributed by atoms with van der Waals surface area (Å²) in [5.74, 6) is -1.07. The average Bonchev–Trinajstić information content (AvgIpc) is 2.97. The van der Waals surface area contributed by atoms with E-state index in [9.17, 15) is 24.6 Å². The van der Waals surface area contributed by atoms with Crippen LogP contribution in [0.15, 0.2) is 11.6 Å². The van der Waals surface area contributed by atoms with Gasteiger partial charge in [-0.1, -0.05) is 19.4 Å². The Labute approximate surface area is 182 Å². The van der Waals surface area contributed by atoms with Crippen molar-refractivity contribution in [3.05, 3.63) is 11.6 Å². The minimum absolute atomic E-state index is 0.0233. The molecule has 3 fully saturated rings. The van der Waals surface area contributed by atoms with Crippen LogP contribution in [-0.2, 0) is 19.1 Å². The number of ether oxygens (including phenoxy) is 1. The third-order valence-electron chi connectivity index (χ3n) is 8.98. The molecule has 30 heavy (non-hydrogen) atoms. The first kappa shape index (κ1) is 22.0. The number of carbonyl (C=O) groups excluding carboxylic acids is 3. The van der Waals surface area contributed by atoms with Crippen LogP contribution in [0.25, 0.3) is 0 Å². The van der Waals surface area contributed by atoms with E-state index in [1.807, 2.05) is 6.92 Å². The molecular weight excluding hydrogens is 408 g/mol. The summed E-state index contributed by atoms with van der Waals surface area (Å²) in [6, 6.07) is 0. The molecule has 0 unspecified atom stereocenters. The lowest BCUT2D eigenvalue weighted by Gasteiger charge is -2.60. The molecule has 3 saturated carbocycles. The number of Topliss-reactive ketones (excluding diaryl/α,β-unsaturated/α-hetero) is 1. The van der Waals surface area contributed by atoms with Crippen LogP contribution >= 0.6 is 11.6 Å². The van der Waals surface area contributed by atoms with E-state index in [1.54, 1.807) is 6.08 Å². The second kappa shape index (κ2) is 7.42. The lowest BCUT2D eigenvalue weighted by Crippen LogP contribution is -2.62. The van der Waals surface area contributed by atoms with Crippen molar-refractivity contribution in [1.82, 2.24) is 0 Å². The van der Waals surface area contributed by atoms with Crippen LogP contribution in [0.3, 0.4) is 0 Å². The number of rotatable bonds is 4. The number of hydrogen-bond acceptors (Lipinski definition) is 6. The summed E-state index contributed by atoms with van der Waals surface area (Å²) in [6.45, 7) is 3.58. The maximum absolute atomic E-state index is 12.9. The van der Waals surface area contributed by atoms with Crippen LogP contribution in [0.5, 0.6) is 0 Å². The van der Waals surface area contributed by atoms with Crippen molar-refractivity contribution in [3.63, 3.8) is 0 Å². The lowest BCUT2D eigenvalue weighted by atomic mass is 9.45. The molecule has 2 N–H and O–H groups in total. The van der Waals surface area contributed by atoms with Gasteiger partial charge >= 0.3 is 5.97 Å². The molecule has 4 aliphatic rings. The molecule has 0 aromatic carbocycles. The van der Waals surface area contributed by atoms with Gasteiger partial charge < -0.3 is 14.9 Å². The van der Waals surface area contributed by atoms with Crippen molar-refractivity contribution in [2.24, 2.45) is 28.6 Å². The van der Waals surface area contributed by atoms with Crippen LogP contribution in [0, 0.1) is 28.6 Å². The predicted molar refractivity (Wildman–Crippen MR) is 110 cm³/mol. The molecule has 0 heterocycles. The Balaban J connectivity index is 1.62. The van der Waals surface area contributed by atoms with Gasteiger partial charge in [0.2, 0.25) is 5.78 Å². The minimum Gasteiger partial charge on any atom is -0.457 e. The highest BCUT2D eigenvalue weighted by Gasteiger charge is 2.68. The van der Waals surface area contributed by atoms with Crippen molar-refractivity contribution in [2.75, 3.05) is 12.5 Å². The van der Waals surface area contributed by atoms with E-state index in [0.717, 1.165) is 24.8 Å². The number of carbonyl (C=O) groups is 3. The zero-order chi connectivity index (χ0) is 21.9. The van der Waals surface area contributed by atoms with Crippen LogP contribution < -0.4 is 0 Å². The van der Waals surface area contributed by atoms with Crippen molar-refractivity contribution in [3.8, 4) is 0 Å². The predicted octanol–water partition coefficient (Wildman–Crippen LogP) is 2.57. The number of halogens is 1. The third kappa shape index (κ3) is 3.01. The molecule has 0 aromatic heterocycles. The largest absolute Gasteiger partial charge is 0.457 e. The van der Waals surface area contributed by atoms with E-state index in [4.69, 9.17) is 16.3 Å². The molecule has 0 amide bonds. The monoisotopic (exact) mass is 438 g/mol. The van der Waals surface area contributed by atoms with Crippen molar-refractivity contribution < 1.29 is 29.3 Å². The normalized spacial score (nSPS) is 45.1. The Morgan fingerprint density at radius 1 is 1.23 bits per heavy atom. The fourth-order valence-corrected chi connectivity index (χ4v) is 7.53. The number of aliphatic hydroxyl groups excluding tert-OH is 1. The van der Waals surface area contributed by atoms with E-state index in [1.165, 1.54) is 0 Å². The van der Waals surface area contributed by atoms with Crippen molar-refractivity contribution in [2.45, 2.75) is 70.5 Å². The van der Waals surface area contributed by atoms with E-state index in [-0.39, 0.29) is 34.8 Å². The molecule has 4 aliphatic carbocycles. The van der Waals surface area contributed by atoms with Gasteiger partial charge in [-0.2, -0.15) is 0 Å². The summed E-state index contributed by atoms with van der Waals surface area (Å²) in [5, 5.41) is 22.8. The van der Waals surface area contributed by atoms with Gasteiger partial charge in [-0.3, -0.25) is 14.4 Å². The van der Waals surface area contributed by atoms with Gasteiger partial charge in [0, 0.05) is 11.8 Å². The summed E-state index contributed by atoms with van der Waals surface area (Å²) in [6.07, 6.45) is 5.37. The Morgan fingerprint density at radius 2 is 1.97 bits per heavy atom. The number of aliphatic hydroxyl groups is 2. The molecule has 6 nitrogen and oxygen atoms in total. The van der Waals surface area contributed by atoms with Crippen molar-refractivity contribution in [1.29, 1.82) is 0 Å². The summed E-state index contributed by atoms with van der Waals surface area (Å²) in [4.78, 5) is 36.3. The van der Waals surface area contributed by atoms with Crippen LogP contribution in [0.4, 0.5) is 0 Å². The first-order valence-electron chi connectivity index (χ1n) is 11.0. The summed E-state index contributed by atoms with van der Waals surface area (Å²) < 4.78 is 4.90. The summed E-state index contributed by atoms with van der Waals surface area (Å²) in [5.41, 5.74) is -1.46. The Kier molecular flexibility index (Phi) is 5.43. The first-order valence-corrected chi connectivity index (χ1v) is 11.5. The fraction of sp³-hybridized carbons (Fsp3) is 0.783. The molecule has 0 aromatic rings. The smallest absolute Gasteiger partial charge is 0.321 e. The molecular formula is C23H31ClO6. The average molecular weight is 439 g/mol. The Hall–Kier alpha value is -1.24. The summed E-state index contributed by atoms with van der Waals surface area (Å²) in [7, 11) is 0. The number of fused-ring (bicyclic) bond motifs is 5. The second-order valence-corrected chi connectivity index (χ2v) is 10.5. The van der Waals surface area contributed by atoms with Crippen LogP contribution in [0.1, 0.15) is 58.8 Å². The van der Waals surface area contributed by atoms with Gasteiger partial charge in [-0.05, 0) is 67.8 Å². The molecule has 7 atom stereocenters. The maximum Gasteiger partial charge on any atom is 0.321 e. The van der Waals surface area contributed by atoms with Crippen LogP contribution in [0.2, 0.25) is 0 Å². The zero-order valence-corrected chi connectivity index (χ0v) is 18.4. The fourth-order valence-electron chi connectivity index (χ4n) is 7.45. The first-order chi connectivity index (χ1) is 14.1. The highest BCUT2D eigenvalue weighted by atomic mass is 35.5.